The van der Waals surface area contributed by atoms with Gasteiger partial charge in [0.25, 0.3) is 0 Å². The van der Waals surface area contributed by atoms with E-state index in [9.17, 15) is 5.11 Å². The van der Waals surface area contributed by atoms with Gasteiger partial charge in [-0.15, -0.1) is 0 Å². The molecule has 0 aliphatic heterocycles. The maximum atomic E-state index is 9.73. The van der Waals surface area contributed by atoms with Crippen LogP contribution >= 0.6 is 0 Å². The Morgan fingerprint density at radius 3 is 2.74 bits per heavy atom. The standard InChI is InChI=1S/C14H23NO4/c1-3-17-8-11(2)18-9-13(16)10-19-14-6-4-5-12(15)7-14/h4-7,11,13,16H,3,8-10,15H2,1-2H3. The van der Waals surface area contributed by atoms with Gasteiger partial charge >= 0.3 is 0 Å². The van der Waals surface area contributed by atoms with E-state index >= 15 is 0 Å². The minimum Gasteiger partial charge on any atom is -0.491 e. The number of ether oxygens (including phenoxy) is 3. The van der Waals surface area contributed by atoms with Gasteiger partial charge in [0, 0.05) is 18.4 Å². The third kappa shape index (κ3) is 7.00. The van der Waals surface area contributed by atoms with Crippen LogP contribution in [-0.4, -0.2) is 43.7 Å². The normalized spacial score (nSPS) is 14.1. The largest absolute Gasteiger partial charge is 0.491 e. The Kier molecular flexibility index (Phi) is 7.25. The van der Waals surface area contributed by atoms with Crippen molar-refractivity contribution in [1.29, 1.82) is 0 Å². The van der Waals surface area contributed by atoms with Crippen LogP contribution in [0.3, 0.4) is 0 Å². The molecule has 0 saturated heterocycles. The summed E-state index contributed by atoms with van der Waals surface area (Å²) in [5, 5.41) is 9.73. The summed E-state index contributed by atoms with van der Waals surface area (Å²) in [6, 6.07) is 7.09. The van der Waals surface area contributed by atoms with E-state index in [-0.39, 0.29) is 19.3 Å². The van der Waals surface area contributed by atoms with Gasteiger partial charge in [0.15, 0.2) is 0 Å². The van der Waals surface area contributed by atoms with Crippen LogP contribution in [0.25, 0.3) is 0 Å². The third-order valence-corrected chi connectivity index (χ3v) is 2.43. The number of rotatable bonds is 9. The van der Waals surface area contributed by atoms with Crippen molar-refractivity contribution in [3.05, 3.63) is 24.3 Å². The van der Waals surface area contributed by atoms with Crippen LogP contribution in [0.5, 0.6) is 5.75 Å². The Balaban J connectivity index is 2.19. The zero-order valence-corrected chi connectivity index (χ0v) is 11.5. The number of benzene rings is 1. The number of hydrogen-bond acceptors (Lipinski definition) is 5. The van der Waals surface area contributed by atoms with Crippen LogP contribution in [0.2, 0.25) is 0 Å². The summed E-state index contributed by atoms with van der Waals surface area (Å²) in [4.78, 5) is 0. The molecule has 1 aromatic carbocycles. The highest BCUT2D eigenvalue weighted by molar-refractivity contribution is 5.43. The summed E-state index contributed by atoms with van der Waals surface area (Å²) in [6.07, 6.45) is -0.715. The van der Waals surface area contributed by atoms with Gasteiger partial charge in [-0.05, 0) is 26.0 Å². The molecule has 5 nitrogen and oxygen atoms in total. The number of aliphatic hydroxyl groups is 1. The lowest BCUT2D eigenvalue weighted by atomic mass is 10.3. The van der Waals surface area contributed by atoms with Crippen LogP contribution in [0.4, 0.5) is 5.69 Å². The molecule has 0 heterocycles. The van der Waals surface area contributed by atoms with Crippen molar-refractivity contribution in [3.8, 4) is 5.75 Å². The molecule has 1 rings (SSSR count). The first-order valence-corrected chi connectivity index (χ1v) is 6.47. The smallest absolute Gasteiger partial charge is 0.121 e. The van der Waals surface area contributed by atoms with Gasteiger partial charge in [0.2, 0.25) is 0 Å². The minimum atomic E-state index is -0.675. The summed E-state index contributed by atoms with van der Waals surface area (Å²) in [5.74, 6) is 0.640. The summed E-state index contributed by atoms with van der Waals surface area (Å²) in [6.45, 7) is 5.41. The second-order valence-corrected chi connectivity index (χ2v) is 4.34. The predicted molar refractivity (Wildman–Crippen MR) is 74.3 cm³/mol. The van der Waals surface area contributed by atoms with Gasteiger partial charge in [-0.1, -0.05) is 6.07 Å². The molecule has 0 aliphatic carbocycles. The van der Waals surface area contributed by atoms with Crippen molar-refractivity contribution in [3.63, 3.8) is 0 Å². The Bertz CT molecular complexity index is 359. The van der Waals surface area contributed by atoms with Crippen LogP contribution in [0.15, 0.2) is 24.3 Å². The molecule has 19 heavy (non-hydrogen) atoms. The summed E-state index contributed by atoms with van der Waals surface area (Å²) in [5.41, 5.74) is 6.26. The van der Waals surface area contributed by atoms with E-state index in [0.717, 1.165) is 0 Å². The molecule has 3 N–H and O–H groups in total. The second kappa shape index (κ2) is 8.74. The van der Waals surface area contributed by atoms with Crippen LogP contribution < -0.4 is 10.5 Å². The first kappa shape index (κ1) is 15.8. The van der Waals surface area contributed by atoms with Gasteiger partial charge in [0.1, 0.15) is 18.5 Å². The molecular weight excluding hydrogens is 246 g/mol. The maximum Gasteiger partial charge on any atom is 0.121 e. The molecule has 2 atom stereocenters. The molecule has 0 amide bonds. The predicted octanol–water partition coefficient (Wildman–Crippen LogP) is 1.45. The fourth-order valence-electron chi connectivity index (χ4n) is 1.45. The molecule has 0 spiro atoms. The lowest BCUT2D eigenvalue weighted by Crippen LogP contribution is -2.27. The van der Waals surface area contributed by atoms with E-state index in [1.807, 2.05) is 13.8 Å². The van der Waals surface area contributed by atoms with Gasteiger partial charge in [-0.3, -0.25) is 0 Å². The van der Waals surface area contributed by atoms with Crippen molar-refractivity contribution < 1.29 is 19.3 Å². The molecule has 5 heteroatoms. The highest BCUT2D eigenvalue weighted by atomic mass is 16.5. The first-order chi connectivity index (χ1) is 9.11. The third-order valence-electron chi connectivity index (χ3n) is 2.43. The minimum absolute atomic E-state index is 0.0398. The zero-order valence-electron chi connectivity index (χ0n) is 11.5. The number of aliphatic hydroxyl groups excluding tert-OH is 1. The molecule has 0 aliphatic rings. The molecule has 0 aromatic heterocycles. The summed E-state index contributed by atoms with van der Waals surface area (Å²) < 4.78 is 16.1. The fraction of sp³-hybridized carbons (Fsp3) is 0.571. The van der Waals surface area contributed by atoms with Gasteiger partial charge in [-0.25, -0.2) is 0 Å². The first-order valence-electron chi connectivity index (χ1n) is 6.47. The van der Waals surface area contributed by atoms with E-state index in [4.69, 9.17) is 19.9 Å². The Labute approximate surface area is 114 Å². The fourth-order valence-corrected chi connectivity index (χ4v) is 1.45. The highest BCUT2D eigenvalue weighted by Crippen LogP contribution is 2.14. The number of anilines is 1. The van der Waals surface area contributed by atoms with Crippen LogP contribution in [0, 0.1) is 0 Å². The van der Waals surface area contributed by atoms with Crippen molar-refractivity contribution in [2.75, 3.05) is 32.2 Å². The van der Waals surface area contributed by atoms with Crippen LogP contribution in [0.1, 0.15) is 13.8 Å². The monoisotopic (exact) mass is 269 g/mol. The van der Waals surface area contributed by atoms with Crippen molar-refractivity contribution in [2.24, 2.45) is 0 Å². The molecule has 108 valence electrons. The lowest BCUT2D eigenvalue weighted by molar-refractivity contribution is -0.0480. The topological polar surface area (TPSA) is 73.9 Å². The number of hydrogen-bond donors (Lipinski definition) is 2. The molecule has 2 unspecified atom stereocenters. The Morgan fingerprint density at radius 1 is 1.26 bits per heavy atom. The van der Waals surface area contributed by atoms with E-state index in [1.165, 1.54) is 0 Å². The van der Waals surface area contributed by atoms with Gasteiger partial charge in [-0.2, -0.15) is 0 Å². The van der Waals surface area contributed by atoms with E-state index in [2.05, 4.69) is 0 Å². The highest BCUT2D eigenvalue weighted by Gasteiger charge is 2.09. The quantitative estimate of drug-likeness (QED) is 0.664. The summed E-state index contributed by atoms with van der Waals surface area (Å²) >= 11 is 0. The second-order valence-electron chi connectivity index (χ2n) is 4.34. The van der Waals surface area contributed by atoms with Crippen molar-refractivity contribution >= 4 is 5.69 Å². The van der Waals surface area contributed by atoms with Gasteiger partial charge < -0.3 is 25.1 Å². The van der Waals surface area contributed by atoms with E-state index in [0.29, 0.717) is 24.7 Å². The molecule has 0 fully saturated rings. The zero-order chi connectivity index (χ0) is 14.1. The molecule has 1 aromatic rings. The van der Waals surface area contributed by atoms with E-state index < -0.39 is 6.10 Å². The van der Waals surface area contributed by atoms with E-state index in [1.54, 1.807) is 24.3 Å². The SMILES string of the molecule is CCOCC(C)OCC(O)COc1cccc(N)c1. The average Bonchev–Trinajstić information content (AvgIpc) is 2.40. The molecule has 0 bridgehead atoms. The van der Waals surface area contributed by atoms with Crippen molar-refractivity contribution in [2.45, 2.75) is 26.1 Å². The summed E-state index contributed by atoms with van der Waals surface area (Å²) in [7, 11) is 0. The Hall–Kier alpha value is -1.30. The number of nitrogens with two attached hydrogens (primary N) is 1. The lowest BCUT2D eigenvalue weighted by Gasteiger charge is -2.17. The van der Waals surface area contributed by atoms with Crippen molar-refractivity contribution in [1.82, 2.24) is 0 Å². The molecule has 0 radical (unpaired) electrons. The Morgan fingerprint density at radius 2 is 2.05 bits per heavy atom. The molecular formula is C14H23NO4. The number of nitrogen functional groups attached to an aromatic ring is 1. The van der Waals surface area contributed by atoms with Crippen LogP contribution in [-0.2, 0) is 9.47 Å². The van der Waals surface area contributed by atoms with Gasteiger partial charge in [0.05, 0.1) is 19.3 Å². The average molecular weight is 269 g/mol. The maximum absolute atomic E-state index is 9.73. The molecule has 0 saturated carbocycles.